The first-order valence-corrected chi connectivity index (χ1v) is 6.42. The number of nitrogens with one attached hydrogen (secondary N) is 1. The van der Waals surface area contributed by atoms with Gasteiger partial charge in [0.2, 0.25) is 5.91 Å². The molecule has 0 bridgehead atoms. The van der Waals surface area contributed by atoms with E-state index in [0.29, 0.717) is 23.3 Å². The summed E-state index contributed by atoms with van der Waals surface area (Å²) in [4.78, 5) is 12.1. The summed E-state index contributed by atoms with van der Waals surface area (Å²) in [7, 11) is 0. The lowest BCUT2D eigenvalue weighted by atomic mass is 9.75. The van der Waals surface area contributed by atoms with E-state index in [4.69, 9.17) is 0 Å². The molecule has 0 aromatic carbocycles. The van der Waals surface area contributed by atoms with Crippen molar-refractivity contribution >= 4 is 5.91 Å². The van der Waals surface area contributed by atoms with E-state index in [9.17, 15) is 4.79 Å². The van der Waals surface area contributed by atoms with Crippen molar-refractivity contribution in [1.29, 1.82) is 0 Å². The smallest absolute Gasteiger partial charge is 0.247 e. The molecule has 90 valence electrons. The molecule has 0 aromatic heterocycles. The van der Waals surface area contributed by atoms with Crippen molar-refractivity contribution in [2.45, 2.75) is 53.5 Å². The molecule has 1 aliphatic heterocycles. The maximum Gasteiger partial charge on any atom is 0.247 e. The number of carbonyl (C=O) groups excluding carboxylic acids is 1. The minimum Gasteiger partial charge on any atom is -0.348 e. The largest absolute Gasteiger partial charge is 0.348 e. The molecular weight excluding hydrogens is 198 g/mol. The molecule has 1 atom stereocenters. The van der Waals surface area contributed by atoms with Gasteiger partial charge in [-0.25, -0.2) is 0 Å². The molecule has 2 nitrogen and oxygen atoms in total. The Morgan fingerprint density at radius 2 is 1.81 bits per heavy atom. The molecule has 1 N–H and O–H groups in total. The number of rotatable bonds is 2. The highest BCUT2D eigenvalue weighted by Crippen LogP contribution is 2.58. The van der Waals surface area contributed by atoms with E-state index < -0.39 is 0 Å². The minimum atomic E-state index is 0.170. The Labute approximate surface area is 98.5 Å². The number of amides is 1. The Morgan fingerprint density at radius 3 is 2.19 bits per heavy atom. The van der Waals surface area contributed by atoms with Gasteiger partial charge in [0, 0.05) is 17.0 Å². The molecule has 16 heavy (non-hydrogen) atoms. The molecule has 1 fully saturated rings. The fraction of sp³-hybridized carbons (Fsp3) is 0.786. The Kier molecular flexibility index (Phi) is 2.64. The lowest BCUT2D eigenvalue weighted by molar-refractivity contribution is -0.120. The first-order valence-electron chi connectivity index (χ1n) is 6.42. The lowest BCUT2D eigenvalue weighted by Crippen LogP contribution is -2.51. The van der Waals surface area contributed by atoms with Crippen LogP contribution in [0.4, 0.5) is 0 Å². The average Bonchev–Trinajstić information content (AvgIpc) is 2.92. The molecule has 2 heteroatoms. The third-order valence-corrected chi connectivity index (χ3v) is 4.31. The van der Waals surface area contributed by atoms with Crippen LogP contribution < -0.4 is 5.32 Å². The molecule has 1 unspecified atom stereocenters. The summed E-state index contributed by atoms with van der Waals surface area (Å²) in [5, 5.41) is 3.23. The van der Waals surface area contributed by atoms with Gasteiger partial charge in [0.25, 0.3) is 0 Å². The molecule has 1 spiro atoms. The zero-order valence-electron chi connectivity index (χ0n) is 11.1. The van der Waals surface area contributed by atoms with Gasteiger partial charge >= 0.3 is 0 Å². The molecule has 2 aliphatic rings. The molecule has 0 saturated heterocycles. The predicted octanol–water partition coefficient (Wildman–Crippen LogP) is 2.89. The van der Waals surface area contributed by atoms with Crippen LogP contribution >= 0.6 is 0 Å². The van der Waals surface area contributed by atoms with Crippen LogP contribution in [0.3, 0.4) is 0 Å². The summed E-state index contributed by atoms with van der Waals surface area (Å²) >= 11 is 0. The molecular formula is C14H23NO. The van der Waals surface area contributed by atoms with E-state index in [1.54, 1.807) is 0 Å². The summed E-state index contributed by atoms with van der Waals surface area (Å²) < 4.78 is 0. The molecule has 1 saturated carbocycles. The first kappa shape index (κ1) is 11.7. The van der Waals surface area contributed by atoms with Gasteiger partial charge in [-0.3, -0.25) is 4.79 Å². The number of carbonyl (C=O) groups is 1. The van der Waals surface area contributed by atoms with Gasteiger partial charge in [0.05, 0.1) is 0 Å². The molecule has 1 amide bonds. The molecule has 0 radical (unpaired) electrons. The van der Waals surface area contributed by atoms with Crippen molar-refractivity contribution in [3.63, 3.8) is 0 Å². The first-order chi connectivity index (χ1) is 7.40. The van der Waals surface area contributed by atoms with Crippen LogP contribution in [-0.2, 0) is 4.79 Å². The number of hydrogen-bond donors (Lipinski definition) is 1. The third-order valence-electron chi connectivity index (χ3n) is 4.31. The van der Waals surface area contributed by atoms with Gasteiger partial charge in [0.15, 0.2) is 0 Å². The van der Waals surface area contributed by atoms with E-state index >= 15 is 0 Å². The monoisotopic (exact) mass is 221 g/mol. The summed E-state index contributed by atoms with van der Waals surface area (Å²) in [5.74, 6) is 1.03. The number of hydrogen-bond acceptors (Lipinski definition) is 1. The molecule has 1 aliphatic carbocycles. The van der Waals surface area contributed by atoms with Gasteiger partial charge in [-0.2, -0.15) is 0 Å². The Bertz CT molecular complexity index is 348. The van der Waals surface area contributed by atoms with Crippen LogP contribution in [0.5, 0.6) is 0 Å². The Hall–Kier alpha value is -0.790. The summed E-state index contributed by atoms with van der Waals surface area (Å²) in [6.45, 7) is 10.8. The highest BCUT2D eigenvalue weighted by molar-refractivity contribution is 5.96. The standard InChI is InChI=1S/C14H23NO/c1-8(2)11-10(5)14(6-7-14)12(9(3)4)15-13(11)16/h8-9,12H,6-7H2,1-5H3,(H,15,16). The van der Waals surface area contributed by atoms with Crippen LogP contribution in [0.15, 0.2) is 11.1 Å². The quantitative estimate of drug-likeness (QED) is 0.763. The fourth-order valence-electron chi connectivity index (χ4n) is 3.35. The molecule has 0 aromatic rings. The van der Waals surface area contributed by atoms with Gasteiger partial charge < -0.3 is 5.32 Å². The summed E-state index contributed by atoms with van der Waals surface area (Å²) in [6.07, 6.45) is 2.50. The van der Waals surface area contributed by atoms with Gasteiger partial charge in [-0.05, 0) is 31.6 Å². The highest BCUT2D eigenvalue weighted by Gasteiger charge is 2.55. The zero-order valence-corrected chi connectivity index (χ0v) is 11.1. The van der Waals surface area contributed by atoms with Gasteiger partial charge in [0.1, 0.15) is 0 Å². The fourth-order valence-corrected chi connectivity index (χ4v) is 3.35. The second-order valence-electron chi connectivity index (χ2n) is 6.04. The zero-order chi connectivity index (χ0) is 12.1. The van der Waals surface area contributed by atoms with Crippen LogP contribution in [0.25, 0.3) is 0 Å². The minimum absolute atomic E-state index is 0.170. The van der Waals surface area contributed by atoms with Crippen molar-refractivity contribution in [3.8, 4) is 0 Å². The van der Waals surface area contributed by atoms with E-state index in [1.165, 1.54) is 18.4 Å². The lowest BCUT2D eigenvalue weighted by Gasteiger charge is -2.38. The maximum absolute atomic E-state index is 12.1. The average molecular weight is 221 g/mol. The predicted molar refractivity (Wildman–Crippen MR) is 66.0 cm³/mol. The van der Waals surface area contributed by atoms with Gasteiger partial charge in [-0.15, -0.1) is 0 Å². The van der Waals surface area contributed by atoms with Crippen LogP contribution in [0.1, 0.15) is 47.5 Å². The Morgan fingerprint density at radius 1 is 1.25 bits per heavy atom. The SMILES string of the molecule is CC1=C(C(C)C)C(=O)NC(C(C)C)C12CC2. The molecule has 1 heterocycles. The Balaban J connectivity index is 2.43. The van der Waals surface area contributed by atoms with Crippen molar-refractivity contribution in [1.82, 2.24) is 5.32 Å². The van der Waals surface area contributed by atoms with E-state index in [0.717, 1.165) is 5.57 Å². The highest BCUT2D eigenvalue weighted by atomic mass is 16.1. The summed E-state index contributed by atoms with van der Waals surface area (Å²) in [6, 6.07) is 0.350. The molecule has 2 rings (SSSR count). The maximum atomic E-state index is 12.1. The van der Waals surface area contributed by atoms with Crippen molar-refractivity contribution in [3.05, 3.63) is 11.1 Å². The van der Waals surface area contributed by atoms with E-state index in [1.807, 2.05) is 0 Å². The van der Waals surface area contributed by atoms with Crippen molar-refractivity contribution in [2.75, 3.05) is 0 Å². The van der Waals surface area contributed by atoms with Crippen molar-refractivity contribution < 1.29 is 4.79 Å². The van der Waals surface area contributed by atoms with Crippen molar-refractivity contribution in [2.24, 2.45) is 17.3 Å². The van der Waals surface area contributed by atoms with Crippen LogP contribution in [0, 0.1) is 17.3 Å². The van der Waals surface area contributed by atoms with E-state index in [2.05, 4.69) is 39.9 Å². The topological polar surface area (TPSA) is 29.1 Å². The second-order valence-corrected chi connectivity index (χ2v) is 6.04. The van der Waals surface area contributed by atoms with Gasteiger partial charge in [-0.1, -0.05) is 33.3 Å². The van der Waals surface area contributed by atoms with E-state index in [-0.39, 0.29) is 5.91 Å². The van der Waals surface area contributed by atoms with Crippen LogP contribution in [0.2, 0.25) is 0 Å². The third kappa shape index (κ3) is 1.50. The van der Waals surface area contributed by atoms with Crippen LogP contribution in [-0.4, -0.2) is 11.9 Å². The second kappa shape index (κ2) is 3.61. The normalized spacial score (nSPS) is 27.9. The summed E-state index contributed by atoms with van der Waals surface area (Å²) in [5.41, 5.74) is 2.71.